The Bertz CT molecular complexity index is 526. The summed E-state index contributed by atoms with van der Waals surface area (Å²) in [7, 11) is 2.12. The highest BCUT2D eigenvalue weighted by Gasteiger charge is 2.24. The van der Waals surface area contributed by atoms with Crippen LogP contribution >= 0.6 is 0 Å². The van der Waals surface area contributed by atoms with Gasteiger partial charge in [-0.2, -0.15) is 0 Å². The highest BCUT2D eigenvalue weighted by atomic mass is 16.5. The summed E-state index contributed by atoms with van der Waals surface area (Å²) in [5.41, 5.74) is 3.46. The van der Waals surface area contributed by atoms with Crippen LogP contribution < -0.4 is 10.2 Å². The number of hydrogen-bond donors (Lipinski definition) is 1. The first-order chi connectivity index (χ1) is 10.1. The van der Waals surface area contributed by atoms with Crippen molar-refractivity contribution in [3.8, 4) is 0 Å². The highest BCUT2D eigenvalue weighted by molar-refractivity contribution is 5.94. The number of amides is 1. The lowest BCUT2D eigenvalue weighted by Gasteiger charge is -2.28. The molecule has 1 saturated carbocycles. The third-order valence-electron chi connectivity index (χ3n) is 4.35. The molecule has 21 heavy (non-hydrogen) atoms. The number of nitrogens with zero attached hydrogens (tertiary/aromatic N) is 1. The van der Waals surface area contributed by atoms with Crippen LogP contribution in [0.15, 0.2) is 18.2 Å². The van der Waals surface area contributed by atoms with Crippen LogP contribution in [0.25, 0.3) is 0 Å². The Morgan fingerprint density at radius 1 is 1.48 bits per heavy atom. The first-order valence-electron chi connectivity index (χ1n) is 7.90. The molecule has 1 aliphatic carbocycles. The number of carbonyl (C=O) groups is 1. The Morgan fingerprint density at radius 3 is 3.05 bits per heavy atom. The van der Waals surface area contributed by atoms with Gasteiger partial charge in [-0.1, -0.05) is 0 Å². The minimum atomic E-state index is -0.385. The van der Waals surface area contributed by atoms with Crippen LogP contribution in [0.2, 0.25) is 0 Å². The second-order valence-electron chi connectivity index (χ2n) is 6.28. The van der Waals surface area contributed by atoms with Gasteiger partial charge in [0.25, 0.3) is 5.91 Å². The van der Waals surface area contributed by atoms with Gasteiger partial charge in [0.2, 0.25) is 0 Å². The molecule has 0 saturated heterocycles. The second-order valence-corrected chi connectivity index (χ2v) is 6.28. The van der Waals surface area contributed by atoms with Crippen LogP contribution in [0.5, 0.6) is 0 Å². The normalized spacial score (nSPS) is 19.0. The predicted molar refractivity (Wildman–Crippen MR) is 84.8 cm³/mol. The Labute approximate surface area is 126 Å². The van der Waals surface area contributed by atoms with Crippen LogP contribution in [0.1, 0.15) is 31.7 Å². The summed E-state index contributed by atoms with van der Waals surface area (Å²) < 4.78 is 5.61. The van der Waals surface area contributed by atoms with E-state index in [1.54, 1.807) is 0 Å². The van der Waals surface area contributed by atoms with E-state index >= 15 is 0 Å². The van der Waals surface area contributed by atoms with Gasteiger partial charge in [0.15, 0.2) is 0 Å². The number of hydrogen-bond acceptors (Lipinski definition) is 3. The molecule has 0 radical (unpaired) electrons. The van der Waals surface area contributed by atoms with Crippen molar-refractivity contribution in [1.82, 2.24) is 0 Å². The fourth-order valence-electron chi connectivity index (χ4n) is 2.75. The zero-order chi connectivity index (χ0) is 14.8. The van der Waals surface area contributed by atoms with Crippen molar-refractivity contribution < 1.29 is 9.53 Å². The van der Waals surface area contributed by atoms with Gasteiger partial charge in [0.1, 0.15) is 6.10 Å². The molecule has 1 fully saturated rings. The summed E-state index contributed by atoms with van der Waals surface area (Å²) in [5, 5.41) is 2.97. The minimum absolute atomic E-state index is 0.0558. The molecule has 0 aromatic heterocycles. The lowest BCUT2D eigenvalue weighted by molar-refractivity contribution is -0.126. The largest absolute Gasteiger partial charge is 0.374 e. The molecule has 1 aromatic carbocycles. The molecule has 4 nitrogen and oxygen atoms in total. The van der Waals surface area contributed by atoms with Crippen molar-refractivity contribution in [2.24, 2.45) is 5.92 Å². The summed E-state index contributed by atoms with van der Waals surface area (Å²) in [6.45, 7) is 3.64. The van der Waals surface area contributed by atoms with Gasteiger partial charge in [0, 0.05) is 25.0 Å². The standard InChI is InChI=1S/C17H24N2O2/c1-12(21-11-13-5-6-13)17(20)18-15-7-8-16-14(10-15)4-3-9-19(16)2/h7-8,10,12-13H,3-6,9,11H2,1-2H3,(H,18,20)/t12-/m1/s1. The molecule has 4 heteroatoms. The SMILES string of the molecule is C[C@@H](OCC1CC1)C(=O)Nc1ccc2c(c1)CCCN2C. The minimum Gasteiger partial charge on any atom is -0.374 e. The third-order valence-corrected chi connectivity index (χ3v) is 4.35. The van der Waals surface area contributed by atoms with E-state index in [0.717, 1.165) is 18.7 Å². The van der Waals surface area contributed by atoms with Gasteiger partial charge in [-0.3, -0.25) is 4.79 Å². The number of carbonyl (C=O) groups excluding carboxylic acids is 1. The van der Waals surface area contributed by atoms with Crippen molar-refractivity contribution >= 4 is 17.3 Å². The summed E-state index contributed by atoms with van der Waals surface area (Å²) in [5.74, 6) is 0.624. The van der Waals surface area contributed by atoms with Crippen molar-refractivity contribution in [1.29, 1.82) is 0 Å². The topological polar surface area (TPSA) is 41.6 Å². The van der Waals surface area contributed by atoms with E-state index in [0.29, 0.717) is 12.5 Å². The van der Waals surface area contributed by atoms with Crippen LogP contribution in [-0.2, 0) is 16.0 Å². The first kappa shape index (κ1) is 14.4. The third kappa shape index (κ3) is 3.56. The van der Waals surface area contributed by atoms with Crippen LogP contribution in [0.4, 0.5) is 11.4 Å². The molecule has 114 valence electrons. The fraction of sp³-hybridized carbons (Fsp3) is 0.588. The van der Waals surface area contributed by atoms with E-state index in [1.165, 1.54) is 30.5 Å². The Morgan fingerprint density at radius 2 is 2.29 bits per heavy atom. The first-order valence-corrected chi connectivity index (χ1v) is 7.90. The lowest BCUT2D eigenvalue weighted by Crippen LogP contribution is -2.29. The van der Waals surface area contributed by atoms with E-state index in [4.69, 9.17) is 4.74 Å². The Balaban J connectivity index is 1.60. The van der Waals surface area contributed by atoms with E-state index in [2.05, 4.69) is 29.4 Å². The molecular formula is C17H24N2O2. The van der Waals surface area contributed by atoms with E-state index in [9.17, 15) is 4.79 Å². The summed E-state index contributed by atoms with van der Waals surface area (Å²) >= 11 is 0. The van der Waals surface area contributed by atoms with Gasteiger partial charge in [-0.05, 0) is 62.3 Å². The van der Waals surface area contributed by atoms with Crippen LogP contribution in [0, 0.1) is 5.92 Å². The molecule has 0 unspecified atom stereocenters. The molecule has 1 atom stereocenters. The average molecular weight is 288 g/mol. The average Bonchev–Trinajstić information content (AvgIpc) is 3.29. The monoisotopic (exact) mass is 288 g/mol. The van der Waals surface area contributed by atoms with Crippen molar-refractivity contribution in [2.45, 2.75) is 38.7 Å². The zero-order valence-electron chi connectivity index (χ0n) is 12.9. The van der Waals surface area contributed by atoms with E-state index < -0.39 is 0 Å². The molecule has 1 heterocycles. The van der Waals surface area contributed by atoms with Crippen molar-refractivity contribution in [3.63, 3.8) is 0 Å². The lowest BCUT2D eigenvalue weighted by atomic mass is 10.0. The second kappa shape index (κ2) is 6.06. The summed E-state index contributed by atoms with van der Waals surface area (Å²) in [4.78, 5) is 14.4. The number of nitrogens with one attached hydrogen (secondary N) is 1. The Hall–Kier alpha value is -1.55. The maximum Gasteiger partial charge on any atom is 0.253 e. The predicted octanol–water partition coefficient (Wildman–Crippen LogP) is 2.82. The van der Waals surface area contributed by atoms with Gasteiger partial charge in [0.05, 0.1) is 6.61 Å². The van der Waals surface area contributed by atoms with Crippen molar-refractivity contribution in [3.05, 3.63) is 23.8 Å². The molecule has 0 bridgehead atoms. The fourth-order valence-corrected chi connectivity index (χ4v) is 2.75. The number of anilines is 2. The van der Waals surface area contributed by atoms with E-state index in [1.807, 2.05) is 13.0 Å². The molecule has 1 aliphatic heterocycles. The maximum atomic E-state index is 12.1. The molecule has 1 amide bonds. The molecular weight excluding hydrogens is 264 g/mol. The quantitative estimate of drug-likeness (QED) is 0.906. The van der Waals surface area contributed by atoms with Crippen molar-refractivity contribution in [2.75, 3.05) is 30.4 Å². The molecule has 1 aromatic rings. The maximum absolute atomic E-state index is 12.1. The molecule has 3 rings (SSSR count). The Kier molecular flexibility index (Phi) is 4.15. The number of benzene rings is 1. The molecule has 0 spiro atoms. The smallest absolute Gasteiger partial charge is 0.253 e. The van der Waals surface area contributed by atoms with Gasteiger partial charge in [-0.15, -0.1) is 0 Å². The highest BCUT2D eigenvalue weighted by Crippen LogP contribution is 2.30. The summed E-state index contributed by atoms with van der Waals surface area (Å²) in [6, 6.07) is 6.17. The van der Waals surface area contributed by atoms with Gasteiger partial charge in [-0.25, -0.2) is 0 Å². The molecule has 2 aliphatic rings. The number of fused-ring (bicyclic) bond motifs is 1. The molecule has 1 N–H and O–H groups in total. The van der Waals surface area contributed by atoms with Crippen LogP contribution in [0.3, 0.4) is 0 Å². The number of ether oxygens (including phenoxy) is 1. The number of rotatable bonds is 5. The summed E-state index contributed by atoms with van der Waals surface area (Å²) in [6.07, 6.45) is 4.35. The van der Waals surface area contributed by atoms with Gasteiger partial charge >= 0.3 is 0 Å². The number of aryl methyl sites for hydroxylation is 1. The van der Waals surface area contributed by atoms with E-state index in [-0.39, 0.29) is 12.0 Å². The zero-order valence-corrected chi connectivity index (χ0v) is 12.9. The van der Waals surface area contributed by atoms with Gasteiger partial charge < -0.3 is 15.0 Å². The van der Waals surface area contributed by atoms with Crippen LogP contribution in [-0.4, -0.2) is 32.2 Å².